The fourth-order valence-electron chi connectivity index (χ4n) is 4.54. The topological polar surface area (TPSA) is 75.2 Å². The van der Waals surface area contributed by atoms with Crippen molar-refractivity contribution in [3.63, 3.8) is 0 Å². The molecule has 0 radical (unpaired) electrons. The predicted molar refractivity (Wildman–Crippen MR) is 115 cm³/mol. The Bertz CT molecular complexity index is 984. The van der Waals surface area contributed by atoms with Crippen LogP contribution in [0.5, 0.6) is 0 Å². The summed E-state index contributed by atoms with van der Waals surface area (Å²) in [5, 5.41) is 3.63. The Morgan fingerprint density at radius 2 is 1.93 bits per heavy atom. The van der Waals surface area contributed by atoms with E-state index in [4.69, 9.17) is 11.6 Å². The van der Waals surface area contributed by atoms with E-state index in [9.17, 15) is 12.8 Å². The van der Waals surface area contributed by atoms with E-state index in [1.54, 1.807) is 0 Å². The highest BCUT2D eigenvalue weighted by Crippen LogP contribution is 2.33. The van der Waals surface area contributed by atoms with E-state index in [0.717, 1.165) is 32.4 Å². The molecule has 162 valence electrons. The Kier molecular flexibility index (Phi) is 6.55. The lowest BCUT2D eigenvalue weighted by Gasteiger charge is -2.39. The van der Waals surface area contributed by atoms with E-state index in [2.05, 4.69) is 20.2 Å². The van der Waals surface area contributed by atoms with Crippen LogP contribution in [0.25, 0.3) is 0 Å². The predicted octanol–water partition coefficient (Wildman–Crippen LogP) is 4.06. The summed E-state index contributed by atoms with van der Waals surface area (Å²) in [6, 6.07) is 4.50. The molecule has 1 N–H and O–H groups in total. The Hall–Kier alpha value is -1.77. The van der Waals surface area contributed by atoms with Gasteiger partial charge < -0.3 is 5.32 Å². The number of nitrogens with zero attached hydrogens (tertiary/aromatic N) is 3. The molecule has 9 heteroatoms. The molecule has 2 aliphatic rings. The number of hydrogen-bond donors (Lipinski definition) is 1. The molecule has 1 aromatic heterocycles. The summed E-state index contributed by atoms with van der Waals surface area (Å²) in [7, 11) is -3.93. The second-order valence-corrected chi connectivity index (χ2v) is 10.4. The number of aromatic nitrogens is 2. The van der Waals surface area contributed by atoms with Crippen molar-refractivity contribution in [1.29, 1.82) is 0 Å². The Labute approximate surface area is 181 Å². The number of sulfone groups is 1. The molecule has 1 saturated carbocycles. The zero-order valence-corrected chi connectivity index (χ0v) is 18.3. The fourth-order valence-corrected chi connectivity index (χ4v) is 6.20. The maximum absolute atomic E-state index is 14.9. The van der Waals surface area contributed by atoms with Crippen molar-refractivity contribution in [3.8, 4) is 0 Å². The van der Waals surface area contributed by atoms with Crippen LogP contribution in [0, 0.1) is 5.82 Å². The van der Waals surface area contributed by atoms with Crippen molar-refractivity contribution in [2.45, 2.75) is 61.3 Å². The smallest absolute Gasteiger partial charge is 0.187 e. The third-order valence-corrected chi connectivity index (χ3v) is 7.99. The van der Waals surface area contributed by atoms with Gasteiger partial charge in [0.15, 0.2) is 9.84 Å². The van der Waals surface area contributed by atoms with Crippen molar-refractivity contribution >= 4 is 27.1 Å². The third-order valence-electron chi connectivity index (χ3n) is 6.02. The lowest BCUT2D eigenvalue weighted by molar-refractivity contribution is 0.177. The molecule has 0 amide bonds. The van der Waals surface area contributed by atoms with Crippen LogP contribution >= 0.6 is 11.6 Å². The van der Waals surface area contributed by atoms with E-state index in [0.29, 0.717) is 17.4 Å². The van der Waals surface area contributed by atoms with Crippen molar-refractivity contribution in [2.24, 2.45) is 0 Å². The van der Waals surface area contributed by atoms with Crippen LogP contribution in [0.1, 0.15) is 44.2 Å². The summed E-state index contributed by atoms with van der Waals surface area (Å²) in [6.07, 6.45) is 9.58. The first-order valence-corrected chi connectivity index (χ1v) is 12.4. The highest BCUT2D eigenvalue weighted by Gasteiger charge is 2.32. The van der Waals surface area contributed by atoms with E-state index >= 15 is 0 Å². The van der Waals surface area contributed by atoms with Gasteiger partial charge in [0.2, 0.25) is 0 Å². The average molecular weight is 453 g/mol. The lowest BCUT2D eigenvalue weighted by atomic mass is 9.89. The molecule has 1 aromatic carbocycles. The second-order valence-electron chi connectivity index (χ2n) is 8.07. The third kappa shape index (κ3) is 4.76. The first-order valence-electron chi connectivity index (χ1n) is 10.4. The molecule has 4 rings (SSSR count). The van der Waals surface area contributed by atoms with Gasteiger partial charge in [-0.2, -0.15) is 0 Å². The van der Waals surface area contributed by atoms with Gasteiger partial charge in [-0.25, -0.2) is 22.8 Å². The van der Waals surface area contributed by atoms with Crippen LogP contribution in [-0.2, 0) is 15.6 Å². The minimum atomic E-state index is -3.93. The molecule has 0 bridgehead atoms. The Morgan fingerprint density at radius 1 is 1.17 bits per heavy atom. The highest BCUT2D eigenvalue weighted by atomic mass is 35.5. The average Bonchev–Trinajstić information content (AvgIpc) is 3.26. The number of rotatable bonds is 6. The van der Waals surface area contributed by atoms with Crippen LogP contribution in [0.2, 0.25) is 5.02 Å². The first kappa shape index (κ1) is 21.5. The fraction of sp³-hybridized carbons (Fsp3) is 0.524. The summed E-state index contributed by atoms with van der Waals surface area (Å²) >= 11 is 6.40. The van der Waals surface area contributed by atoms with Gasteiger partial charge in [-0.1, -0.05) is 24.4 Å². The maximum atomic E-state index is 14.9. The van der Waals surface area contributed by atoms with E-state index in [-0.39, 0.29) is 11.1 Å². The number of halogens is 2. The van der Waals surface area contributed by atoms with Gasteiger partial charge in [0.1, 0.15) is 17.0 Å². The minimum absolute atomic E-state index is 0.178. The molecular formula is C21H26ClFN4O2S. The van der Waals surface area contributed by atoms with E-state index in [1.165, 1.54) is 50.0 Å². The Morgan fingerprint density at radius 3 is 2.67 bits per heavy atom. The molecule has 1 aliphatic heterocycles. The van der Waals surface area contributed by atoms with Crippen LogP contribution in [-0.4, -0.2) is 48.5 Å². The molecule has 0 spiro atoms. The number of nitrogens with one attached hydrogen (secondary N) is 1. The number of likely N-dealkylation sites (tertiary alicyclic amines) is 1. The molecule has 30 heavy (non-hydrogen) atoms. The molecule has 2 heterocycles. The SMILES string of the molecule is O=S(=O)(Cc1ccncn1)c1cc(Cl)c(N[C@H]2CCCC[C@@H]2N2CCCC2)cc1F. The summed E-state index contributed by atoms with van der Waals surface area (Å²) in [5.74, 6) is -1.21. The summed E-state index contributed by atoms with van der Waals surface area (Å²) in [6.45, 7) is 2.20. The first-order chi connectivity index (χ1) is 14.4. The summed E-state index contributed by atoms with van der Waals surface area (Å²) in [4.78, 5) is 9.80. The molecule has 1 saturated heterocycles. The van der Waals surface area contributed by atoms with Crippen LogP contribution in [0.4, 0.5) is 10.1 Å². The van der Waals surface area contributed by atoms with Crippen molar-refractivity contribution in [2.75, 3.05) is 18.4 Å². The molecule has 2 aromatic rings. The molecule has 2 fully saturated rings. The minimum Gasteiger partial charge on any atom is -0.379 e. The Balaban J connectivity index is 1.55. The maximum Gasteiger partial charge on any atom is 0.187 e. The summed E-state index contributed by atoms with van der Waals surface area (Å²) < 4.78 is 40.3. The second kappa shape index (κ2) is 9.16. The molecule has 6 nitrogen and oxygen atoms in total. The highest BCUT2D eigenvalue weighted by molar-refractivity contribution is 7.90. The van der Waals surface area contributed by atoms with Gasteiger partial charge in [-0.15, -0.1) is 0 Å². The molecule has 1 aliphatic carbocycles. The van der Waals surface area contributed by atoms with Crippen molar-refractivity contribution < 1.29 is 12.8 Å². The van der Waals surface area contributed by atoms with Gasteiger partial charge in [-0.05, 0) is 57.0 Å². The number of hydrogen-bond acceptors (Lipinski definition) is 6. The zero-order valence-electron chi connectivity index (χ0n) is 16.7. The van der Waals surface area contributed by atoms with Crippen LogP contribution < -0.4 is 5.32 Å². The van der Waals surface area contributed by atoms with Gasteiger partial charge in [0.05, 0.1) is 22.2 Å². The van der Waals surface area contributed by atoms with E-state index < -0.39 is 26.3 Å². The van der Waals surface area contributed by atoms with Crippen molar-refractivity contribution in [3.05, 3.63) is 47.3 Å². The molecule has 2 atom stereocenters. The van der Waals surface area contributed by atoms with Gasteiger partial charge >= 0.3 is 0 Å². The molecule has 0 unspecified atom stereocenters. The quantitative estimate of drug-likeness (QED) is 0.712. The monoisotopic (exact) mass is 452 g/mol. The van der Waals surface area contributed by atoms with Gasteiger partial charge in [0, 0.05) is 18.3 Å². The standard InChI is InChI=1S/C21H26ClFN4O2S/c22-16-11-21(30(28,29)13-15-7-8-24-14-25-15)17(23)12-19(16)26-18-5-1-2-6-20(18)27-9-3-4-10-27/h7-8,11-12,14,18,20,26H,1-6,9-10,13H2/t18-,20-/m0/s1. The van der Waals surface area contributed by atoms with Crippen LogP contribution in [0.15, 0.2) is 35.6 Å². The van der Waals surface area contributed by atoms with Gasteiger partial charge in [0.25, 0.3) is 0 Å². The van der Waals surface area contributed by atoms with Gasteiger partial charge in [-0.3, -0.25) is 4.90 Å². The van der Waals surface area contributed by atoms with E-state index in [1.807, 2.05) is 0 Å². The van der Waals surface area contributed by atoms with Crippen molar-refractivity contribution in [1.82, 2.24) is 14.9 Å². The normalized spacial score (nSPS) is 22.9. The lowest BCUT2D eigenvalue weighted by Crippen LogP contribution is -2.47. The van der Waals surface area contributed by atoms with Crippen LogP contribution in [0.3, 0.4) is 0 Å². The zero-order chi connectivity index (χ0) is 21.1. The summed E-state index contributed by atoms with van der Waals surface area (Å²) in [5.41, 5.74) is 0.754. The number of benzene rings is 1. The largest absolute Gasteiger partial charge is 0.379 e. The molecular weight excluding hydrogens is 427 g/mol. The number of anilines is 1.